The van der Waals surface area contributed by atoms with E-state index in [1.54, 1.807) is 0 Å². The number of carbonyl (C=O) groups excluding carboxylic acids is 1. The number of ether oxygens (including phenoxy) is 2. The number of alkyl halides is 5. The molecule has 0 unspecified atom stereocenters. The highest BCUT2D eigenvalue weighted by Crippen LogP contribution is 2.38. The normalized spacial score (nSPS) is 11.4. The van der Waals surface area contributed by atoms with Crippen LogP contribution < -0.4 is 4.74 Å². The Balaban J connectivity index is 3.47. The minimum absolute atomic E-state index is 0.150. The monoisotopic (exact) mass is 344 g/mol. The van der Waals surface area contributed by atoms with Gasteiger partial charge in [0.1, 0.15) is 0 Å². The molecule has 0 saturated carbocycles. The molecule has 23 heavy (non-hydrogen) atoms. The Labute approximate surface area is 125 Å². The summed E-state index contributed by atoms with van der Waals surface area (Å²) in [4.78, 5) is 24.1. The number of nitrogens with zero attached hydrogens (tertiary/aromatic N) is 2. The zero-order valence-corrected chi connectivity index (χ0v) is 11.4. The summed E-state index contributed by atoms with van der Waals surface area (Å²) in [6.07, 6.45) is -9.78. The Morgan fingerprint density at radius 1 is 1.43 bits per heavy atom. The lowest BCUT2D eigenvalue weighted by Gasteiger charge is -2.14. The van der Waals surface area contributed by atoms with Gasteiger partial charge < -0.3 is 19.6 Å². The Hall–Kier alpha value is -2.53. The van der Waals surface area contributed by atoms with Crippen LogP contribution in [0.4, 0.5) is 27.8 Å². The average molecular weight is 344 g/mol. The number of aromatic nitrogens is 1. The molecule has 0 saturated heterocycles. The van der Waals surface area contributed by atoms with Gasteiger partial charge in [-0.3, -0.25) is 4.79 Å². The number of esters is 1. The molecule has 1 heterocycles. The molecule has 1 rings (SSSR count). The first-order valence-corrected chi connectivity index (χ1v) is 5.92. The van der Waals surface area contributed by atoms with Gasteiger partial charge in [0.05, 0.1) is 24.2 Å². The number of carbonyl (C=O) groups is 1. The molecule has 0 fully saturated rings. The molecule has 12 heteroatoms. The summed E-state index contributed by atoms with van der Waals surface area (Å²) in [5, 5.41) is 10.8. The van der Waals surface area contributed by atoms with Gasteiger partial charge in [-0.25, -0.2) is 8.78 Å². The van der Waals surface area contributed by atoms with Gasteiger partial charge in [0, 0.05) is 0 Å². The zero-order valence-electron chi connectivity index (χ0n) is 11.4. The maximum Gasteiger partial charge on any atom is 0.573 e. The van der Waals surface area contributed by atoms with Crippen LogP contribution in [0.1, 0.15) is 24.5 Å². The van der Waals surface area contributed by atoms with Gasteiger partial charge in [-0.1, -0.05) is 0 Å². The van der Waals surface area contributed by atoms with Crippen molar-refractivity contribution in [3.05, 3.63) is 27.4 Å². The molecule has 0 aliphatic carbocycles. The van der Waals surface area contributed by atoms with E-state index in [2.05, 4.69) is 14.5 Å². The average Bonchev–Trinajstić information content (AvgIpc) is 2.36. The summed E-state index contributed by atoms with van der Waals surface area (Å²) in [7, 11) is 0. The standard InChI is InChI=1S/C11H9F5N2O5/c1-2-22-7(19)3-5-8(9(12)13)6(23-11(14,15)16)4-17-10(5)18(20)21/h4,9H,2-3H2,1H3. The highest BCUT2D eigenvalue weighted by Gasteiger charge is 2.37. The molecular weight excluding hydrogens is 335 g/mol. The Kier molecular flexibility index (Phi) is 5.76. The molecule has 1 aromatic rings. The number of rotatable bonds is 6. The van der Waals surface area contributed by atoms with E-state index in [0.717, 1.165) is 0 Å². The van der Waals surface area contributed by atoms with Crippen molar-refractivity contribution in [3.63, 3.8) is 0 Å². The Morgan fingerprint density at radius 2 is 2.04 bits per heavy atom. The molecule has 1 aromatic heterocycles. The Bertz CT molecular complexity index is 605. The molecule has 0 spiro atoms. The van der Waals surface area contributed by atoms with Crippen LogP contribution in [0.25, 0.3) is 0 Å². The lowest BCUT2D eigenvalue weighted by molar-refractivity contribution is -0.390. The fourth-order valence-corrected chi connectivity index (χ4v) is 1.67. The van der Waals surface area contributed by atoms with Crippen molar-refractivity contribution in [1.29, 1.82) is 0 Å². The lowest BCUT2D eigenvalue weighted by Crippen LogP contribution is -2.20. The van der Waals surface area contributed by atoms with Crippen LogP contribution >= 0.6 is 0 Å². The summed E-state index contributed by atoms with van der Waals surface area (Å²) in [6.45, 7) is 1.24. The molecule has 128 valence electrons. The largest absolute Gasteiger partial charge is 0.573 e. The van der Waals surface area contributed by atoms with Crippen molar-refractivity contribution in [3.8, 4) is 5.75 Å². The molecule has 0 amide bonds. The molecular formula is C11H9F5N2O5. The maximum atomic E-state index is 13.1. The van der Waals surface area contributed by atoms with E-state index in [4.69, 9.17) is 0 Å². The first kappa shape index (κ1) is 18.5. The molecule has 0 aliphatic heterocycles. The first-order chi connectivity index (χ1) is 10.6. The van der Waals surface area contributed by atoms with Crippen LogP contribution in [0.15, 0.2) is 6.20 Å². The zero-order chi connectivity index (χ0) is 17.8. The fraction of sp³-hybridized carbons (Fsp3) is 0.455. The van der Waals surface area contributed by atoms with E-state index in [-0.39, 0.29) is 12.8 Å². The second-order valence-corrected chi connectivity index (χ2v) is 3.93. The molecule has 0 aromatic carbocycles. The fourth-order valence-electron chi connectivity index (χ4n) is 1.67. The van der Waals surface area contributed by atoms with Crippen molar-refractivity contribution in [2.24, 2.45) is 0 Å². The summed E-state index contributed by atoms with van der Waals surface area (Å²) in [5.41, 5.74) is -2.43. The minimum Gasteiger partial charge on any atom is -0.466 e. The third-order valence-electron chi connectivity index (χ3n) is 2.41. The van der Waals surface area contributed by atoms with E-state index < -0.39 is 52.8 Å². The molecule has 0 bridgehead atoms. The van der Waals surface area contributed by atoms with Crippen LogP contribution in [0.3, 0.4) is 0 Å². The Morgan fingerprint density at radius 3 is 2.48 bits per heavy atom. The van der Waals surface area contributed by atoms with E-state index in [0.29, 0.717) is 0 Å². The molecule has 7 nitrogen and oxygen atoms in total. The number of pyridine rings is 1. The third-order valence-corrected chi connectivity index (χ3v) is 2.41. The number of hydrogen-bond donors (Lipinski definition) is 0. The highest BCUT2D eigenvalue weighted by molar-refractivity contribution is 5.75. The van der Waals surface area contributed by atoms with Gasteiger partial charge in [-0.2, -0.15) is 0 Å². The van der Waals surface area contributed by atoms with Gasteiger partial charge >= 0.3 is 18.1 Å². The SMILES string of the molecule is CCOC(=O)Cc1c([N+](=O)[O-])ncc(OC(F)(F)F)c1C(F)F. The predicted molar refractivity (Wildman–Crippen MR) is 62.9 cm³/mol. The second kappa shape index (κ2) is 7.15. The maximum absolute atomic E-state index is 13.1. The summed E-state index contributed by atoms with van der Waals surface area (Å²) in [6, 6.07) is 0. The van der Waals surface area contributed by atoms with Crippen molar-refractivity contribution in [2.45, 2.75) is 26.1 Å². The molecule has 0 radical (unpaired) electrons. The van der Waals surface area contributed by atoms with Crippen LogP contribution in [0.2, 0.25) is 0 Å². The second-order valence-electron chi connectivity index (χ2n) is 3.93. The highest BCUT2D eigenvalue weighted by atomic mass is 19.4. The molecule has 0 aliphatic rings. The number of nitro groups is 1. The summed E-state index contributed by atoms with van der Waals surface area (Å²) >= 11 is 0. The summed E-state index contributed by atoms with van der Waals surface area (Å²) < 4.78 is 70.8. The van der Waals surface area contributed by atoms with Crippen LogP contribution in [0, 0.1) is 10.1 Å². The molecule has 0 N–H and O–H groups in total. The van der Waals surface area contributed by atoms with E-state index in [1.807, 2.05) is 0 Å². The lowest BCUT2D eigenvalue weighted by atomic mass is 10.1. The van der Waals surface area contributed by atoms with Crippen LogP contribution in [-0.2, 0) is 16.0 Å². The van der Waals surface area contributed by atoms with Crippen molar-refractivity contribution >= 4 is 11.8 Å². The van der Waals surface area contributed by atoms with Gasteiger partial charge in [-0.15, -0.1) is 13.2 Å². The van der Waals surface area contributed by atoms with Gasteiger partial charge in [0.25, 0.3) is 6.43 Å². The number of halogens is 5. The minimum atomic E-state index is -5.32. The molecule has 0 atom stereocenters. The quantitative estimate of drug-likeness (QED) is 0.341. The van der Waals surface area contributed by atoms with Crippen LogP contribution in [-0.4, -0.2) is 28.8 Å². The van der Waals surface area contributed by atoms with Crippen molar-refractivity contribution in [2.75, 3.05) is 6.61 Å². The first-order valence-electron chi connectivity index (χ1n) is 5.92. The van der Waals surface area contributed by atoms with Gasteiger partial charge in [0.15, 0.2) is 11.9 Å². The van der Waals surface area contributed by atoms with Gasteiger partial charge in [-0.05, 0) is 16.8 Å². The van der Waals surface area contributed by atoms with Crippen molar-refractivity contribution < 1.29 is 41.1 Å². The van der Waals surface area contributed by atoms with Crippen molar-refractivity contribution in [1.82, 2.24) is 4.98 Å². The number of hydrogen-bond acceptors (Lipinski definition) is 6. The topological polar surface area (TPSA) is 91.6 Å². The third kappa shape index (κ3) is 5.00. The van der Waals surface area contributed by atoms with E-state index in [1.165, 1.54) is 6.92 Å². The smallest absolute Gasteiger partial charge is 0.466 e. The van der Waals surface area contributed by atoms with Gasteiger partial charge in [0.2, 0.25) is 0 Å². The van der Waals surface area contributed by atoms with Crippen LogP contribution in [0.5, 0.6) is 5.75 Å². The van der Waals surface area contributed by atoms with E-state index in [9.17, 15) is 36.9 Å². The summed E-state index contributed by atoms with van der Waals surface area (Å²) in [5.74, 6) is -3.73. The predicted octanol–water partition coefficient (Wildman–Crippen LogP) is 2.93. The van der Waals surface area contributed by atoms with E-state index >= 15 is 0 Å².